The van der Waals surface area contributed by atoms with Crippen LogP contribution in [0.1, 0.15) is 28.9 Å². The average molecular weight is 406 g/mol. The van der Waals surface area contributed by atoms with Gasteiger partial charge in [0.1, 0.15) is 11.6 Å². The Morgan fingerprint density at radius 3 is 2.77 bits per heavy atom. The third-order valence-electron chi connectivity index (χ3n) is 1.86. The molecule has 1 aromatic heterocycles. The van der Waals surface area contributed by atoms with Gasteiger partial charge in [-0.25, -0.2) is 0 Å². The molecule has 0 aliphatic heterocycles. The fourth-order valence-electron chi connectivity index (χ4n) is 1.04. The standard InChI is InChI=1S/C7H12I2N4/c1-3-5(8)7-12-11-6(4-10-9)13(7)2/h5,10H,3-4H2,1-2H3. The Morgan fingerprint density at radius 2 is 2.23 bits per heavy atom. The van der Waals surface area contributed by atoms with Crippen molar-refractivity contribution in [3.8, 4) is 0 Å². The van der Waals surface area contributed by atoms with Crippen LogP contribution >= 0.6 is 45.5 Å². The van der Waals surface area contributed by atoms with E-state index in [0.717, 1.165) is 24.6 Å². The summed E-state index contributed by atoms with van der Waals surface area (Å²) in [4.78, 5) is 0. The molecule has 0 aliphatic rings. The van der Waals surface area contributed by atoms with Crippen molar-refractivity contribution < 1.29 is 0 Å². The van der Waals surface area contributed by atoms with Crippen LogP contribution in [0, 0.1) is 0 Å². The minimum absolute atomic E-state index is 0.457. The second-order valence-corrected chi connectivity index (χ2v) is 4.99. The van der Waals surface area contributed by atoms with Gasteiger partial charge >= 0.3 is 0 Å². The predicted octanol–water partition coefficient (Wildman–Crippen LogP) is 2.14. The van der Waals surface area contributed by atoms with E-state index >= 15 is 0 Å². The summed E-state index contributed by atoms with van der Waals surface area (Å²) in [7, 11) is 2.01. The molecule has 1 unspecified atom stereocenters. The highest BCUT2D eigenvalue weighted by molar-refractivity contribution is 14.1. The quantitative estimate of drug-likeness (QED) is 0.474. The second-order valence-electron chi connectivity index (χ2n) is 2.72. The molecule has 0 saturated carbocycles. The molecule has 1 heterocycles. The van der Waals surface area contributed by atoms with E-state index in [1.165, 1.54) is 0 Å². The number of alkyl halides is 1. The number of hydrogen-bond acceptors (Lipinski definition) is 3. The van der Waals surface area contributed by atoms with Crippen LogP contribution in [0.5, 0.6) is 0 Å². The highest BCUT2D eigenvalue weighted by Crippen LogP contribution is 2.24. The molecule has 0 aromatic carbocycles. The summed E-state index contributed by atoms with van der Waals surface area (Å²) >= 11 is 4.50. The van der Waals surface area contributed by atoms with Crippen LogP contribution in [0.25, 0.3) is 0 Å². The third kappa shape index (κ3) is 2.75. The first-order valence-electron chi connectivity index (χ1n) is 4.06. The number of nitrogens with one attached hydrogen (secondary N) is 1. The summed E-state index contributed by atoms with van der Waals surface area (Å²) in [6.07, 6.45) is 1.09. The zero-order valence-electron chi connectivity index (χ0n) is 7.59. The van der Waals surface area contributed by atoms with Gasteiger partial charge in [0.2, 0.25) is 0 Å². The molecule has 1 rings (SSSR count). The summed E-state index contributed by atoms with van der Waals surface area (Å²) in [6, 6.07) is 0. The van der Waals surface area contributed by atoms with Gasteiger partial charge in [-0.2, -0.15) is 0 Å². The van der Waals surface area contributed by atoms with Gasteiger partial charge in [-0.1, -0.05) is 29.5 Å². The van der Waals surface area contributed by atoms with Crippen LogP contribution in [0.4, 0.5) is 0 Å². The molecule has 1 atom stereocenters. The van der Waals surface area contributed by atoms with E-state index in [2.05, 4.69) is 70.7 Å². The SMILES string of the molecule is CCC(I)c1nnc(CNI)n1C. The maximum Gasteiger partial charge on any atom is 0.147 e. The topological polar surface area (TPSA) is 42.7 Å². The van der Waals surface area contributed by atoms with Crippen molar-refractivity contribution in [3.63, 3.8) is 0 Å². The Morgan fingerprint density at radius 1 is 1.54 bits per heavy atom. The molecule has 6 heteroatoms. The number of halogens is 2. The number of hydrogen-bond donors (Lipinski definition) is 1. The highest BCUT2D eigenvalue weighted by Gasteiger charge is 2.14. The molecule has 0 bridgehead atoms. The lowest BCUT2D eigenvalue weighted by Crippen LogP contribution is -2.08. The van der Waals surface area contributed by atoms with Crippen LogP contribution in [0.15, 0.2) is 0 Å². The Bertz CT molecular complexity index is 273. The second kappa shape index (κ2) is 5.44. The van der Waals surface area contributed by atoms with Crippen molar-refractivity contribution >= 4 is 45.5 Å². The Balaban J connectivity index is 2.85. The van der Waals surface area contributed by atoms with E-state index < -0.39 is 0 Å². The van der Waals surface area contributed by atoms with E-state index in [4.69, 9.17) is 0 Å². The molecule has 0 spiro atoms. The molecule has 1 aromatic rings. The van der Waals surface area contributed by atoms with Gasteiger partial charge in [0.05, 0.1) is 10.5 Å². The molecule has 0 saturated heterocycles. The first kappa shape index (κ1) is 11.6. The summed E-state index contributed by atoms with van der Waals surface area (Å²) in [5, 5.41) is 8.28. The number of aromatic nitrogens is 3. The largest absolute Gasteiger partial charge is 0.316 e. The molecule has 0 aliphatic carbocycles. The molecule has 0 radical (unpaired) electrons. The van der Waals surface area contributed by atoms with Crippen LogP contribution in [-0.2, 0) is 13.6 Å². The van der Waals surface area contributed by atoms with Crippen molar-refractivity contribution in [1.82, 2.24) is 18.3 Å². The fraction of sp³-hybridized carbons (Fsp3) is 0.714. The van der Waals surface area contributed by atoms with E-state index in [9.17, 15) is 0 Å². The summed E-state index contributed by atoms with van der Waals surface area (Å²) < 4.78 is 5.56. The van der Waals surface area contributed by atoms with E-state index in [-0.39, 0.29) is 0 Å². The van der Waals surface area contributed by atoms with Gasteiger partial charge in [-0.3, -0.25) is 3.53 Å². The third-order valence-corrected chi connectivity index (χ3v) is 3.68. The van der Waals surface area contributed by atoms with Crippen molar-refractivity contribution in [2.24, 2.45) is 7.05 Å². The summed E-state index contributed by atoms with van der Waals surface area (Å²) in [5.74, 6) is 2.05. The lowest BCUT2D eigenvalue weighted by atomic mass is 10.3. The molecular formula is C7H12I2N4. The molecule has 74 valence electrons. The minimum atomic E-state index is 0.457. The minimum Gasteiger partial charge on any atom is -0.316 e. The average Bonchev–Trinajstić information content (AvgIpc) is 2.48. The molecular weight excluding hydrogens is 394 g/mol. The van der Waals surface area contributed by atoms with E-state index in [1.807, 2.05) is 7.05 Å². The lowest BCUT2D eigenvalue weighted by Gasteiger charge is -2.06. The van der Waals surface area contributed by atoms with Gasteiger partial charge in [0.25, 0.3) is 0 Å². The molecule has 1 N–H and O–H groups in total. The van der Waals surface area contributed by atoms with Gasteiger partial charge in [-0.05, 0) is 6.42 Å². The fourth-order valence-corrected chi connectivity index (χ4v) is 1.93. The Labute approximate surface area is 106 Å². The first-order chi connectivity index (χ1) is 6.20. The maximum atomic E-state index is 4.17. The van der Waals surface area contributed by atoms with Crippen LogP contribution < -0.4 is 3.53 Å². The normalized spacial score (nSPS) is 13.2. The van der Waals surface area contributed by atoms with E-state index in [0.29, 0.717) is 3.92 Å². The van der Waals surface area contributed by atoms with Gasteiger partial charge in [-0.15, -0.1) is 10.2 Å². The van der Waals surface area contributed by atoms with Crippen molar-refractivity contribution in [2.45, 2.75) is 23.8 Å². The van der Waals surface area contributed by atoms with Crippen LogP contribution in [0.2, 0.25) is 0 Å². The van der Waals surface area contributed by atoms with Crippen molar-refractivity contribution in [3.05, 3.63) is 11.6 Å². The maximum absolute atomic E-state index is 4.17. The van der Waals surface area contributed by atoms with Crippen LogP contribution in [-0.4, -0.2) is 14.8 Å². The zero-order valence-corrected chi connectivity index (χ0v) is 11.9. The van der Waals surface area contributed by atoms with Gasteiger partial charge in [0, 0.05) is 29.9 Å². The van der Waals surface area contributed by atoms with Crippen molar-refractivity contribution in [2.75, 3.05) is 0 Å². The summed E-state index contributed by atoms with van der Waals surface area (Å²) in [5.41, 5.74) is 0. The lowest BCUT2D eigenvalue weighted by molar-refractivity contribution is 0.722. The van der Waals surface area contributed by atoms with Gasteiger partial charge in [0.15, 0.2) is 0 Å². The molecule has 4 nitrogen and oxygen atoms in total. The molecule has 0 fully saturated rings. The smallest absolute Gasteiger partial charge is 0.147 e. The van der Waals surface area contributed by atoms with E-state index in [1.54, 1.807) is 0 Å². The Hall–Kier alpha value is 0.560. The predicted molar refractivity (Wildman–Crippen MR) is 68.9 cm³/mol. The highest BCUT2D eigenvalue weighted by atomic mass is 127. The van der Waals surface area contributed by atoms with Gasteiger partial charge < -0.3 is 4.57 Å². The summed E-state index contributed by atoms with van der Waals surface area (Å²) in [6.45, 7) is 2.92. The molecule has 13 heavy (non-hydrogen) atoms. The van der Waals surface area contributed by atoms with Crippen LogP contribution in [0.3, 0.4) is 0 Å². The monoisotopic (exact) mass is 406 g/mol. The first-order valence-corrected chi connectivity index (χ1v) is 6.38. The molecule has 0 amide bonds. The number of nitrogens with zero attached hydrogens (tertiary/aromatic N) is 3. The zero-order chi connectivity index (χ0) is 9.84. The Kier molecular flexibility index (Phi) is 4.87. The number of rotatable bonds is 4. The van der Waals surface area contributed by atoms with Crippen molar-refractivity contribution in [1.29, 1.82) is 0 Å².